The number of aliphatic hydroxyl groups excluding tert-OH is 1. The van der Waals surface area contributed by atoms with E-state index in [0.717, 1.165) is 12.8 Å². The van der Waals surface area contributed by atoms with Gasteiger partial charge in [-0.2, -0.15) is 0 Å². The van der Waals surface area contributed by atoms with E-state index in [1.807, 2.05) is 0 Å². The predicted octanol–water partition coefficient (Wildman–Crippen LogP) is 2.42. The maximum Gasteiger partial charge on any atom is 0.0585 e. The summed E-state index contributed by atoms with van der Waals surface area (Å²) in [6.45, 7) is 6.66. The van der Waals surface area contributed by atoms with Gasteiger partial charge in [0.2, 0.25) is 0 Å². The number of hydrogen-bond donors (Lipinski definition) is 2. The zero-order valence-electron chi connectivity index (χ0n) is 9.79. The molecule has 0 amide bonds. The number of nitrogens with two attached hydrogens (primary N) is 1. The van der Waals surface area contributed by atoms with Gasteiger partial charge in [0.25, 0.3) is 0 Å². The van der Waals surface area contributed by atoms with Gasteiger partial charge in [0.05, 0.1) is 6.61 Å². The first kappa shape index (κ1) is 14.7. The summed E-state index contributed by atoms with van der Waals surface area (Å²) in [5.41, 5.74) is 8.68. The molecule has 1 unspecified atom stereocenters. The molecule has 1 atom stereocenters. The van der Waals surface area contributed by atoms with Crippen LogP contribution in [0.4, 0.5) is 0 Å². The SMILES string of the molecule is CC1=C(CC(N)CO)C(C)(C)CC=C1.Cl. The van der Waals surface area contributed by atoms with Gasteiger partial charge < -0.3 is 10.8 Å². The van der Waals surface area contributed by atoms with Crippen LogP contribution >= 0.6 is 12.4 Å². The first-order valence-corrected chi connectivity index (χ1v) is 5.20. The lowest BCUT2D eigenvalue weighted by atomic mass is 9.73. The van der Waals surface area contributed by atoms with E-state index in [1.54, 1.807) is 0 Å². The van der Waals surface area contributed by atoms with Crippen LogP contribution in [-0.4, -0.2) is 17.8 Å². The van der Waals surface area contributed by atoms with Crippen molar-refractivity contribution in [3.05, 3.63) is 23.3 Å². The fraction of sp³-hybridized carbons (Fsp3) is 0.667. The maximum absolute atomic E-state index is 8.96. The lowest BCUT2D eigenvalue weighted by molar-refractivity contribution is 0.258. The standard InChI is InChI=1S/C12H21NO.ClH/c1-9-5-4-6-12(2,3)11(9)7-10(13)8-14;/h4-5,10,14H,6-8,13H2,1-3H3;1H. The highest BCUT2D eigenvalue weighted by atomic mass is 35.5. The van der Waals surface area contributed by atoms with Crippen molar-refractivity contribution in [1.29, 1.82) is 0 Å². The summed E-state index contributed by atoms with van der Waals surface area (Å²) in [5, 5.41) is 8.96. The van der Waals surface area contributed by atoms with Crippen molar-refractivity contribution in [3.8, 4) is 0 Å². The van der Waals surface area contributed by atoms with E-state index in [0.29, 0.717) is 0 Å². The molecule has 0 fully saturated rings. The predicted molar refractivity (Wildman–Crippen MR) is 67.2 cm³/mol. The lowest BCUT2D eigenvalue weighted by Crippen LogP contribution is -2.29. The third-order valence-corrected chi connectivity index (χ3v) is 2.99. The molecule has 0 aromatic carbocycles. The van der Waals surface area contributed by atoms with Gasteiger partial charge in [-0.25, -0.2) is 0 Å². The highest BCUT2D eigenvalue weighted by Gasteiger charge is 2.26. The molecule has 2 nitrogen and oxygen atoms in total. The third-order valence-electron chi connectivity index (χ3n) is 2.99. The molecule has 0 spiro atoms. The van der Waals surface area contributed by atoms with Gasteiger partial charge in [-0.1, -0.05) is 37.1 Å². The monoisotopic (exact) mass is 231 g/mol. The quantitative estimate of drug-likeness (QED) is 0.784. The number of rotatable bonds is 3. The van der Waals surface area contributed by atoms with Crippen LogP contribution in [0.15, 0.2) is 23.3 Å². The van der Waals surface area contributed by atoms with Crippen molar-refractivity contribution in [3.63, 3.8) is 0 Å². The molecule has 0 heterocycles. The summed E-state index contributed by atoms with van der Waals surface area (Å²) >= 11 is 0. The molecular formula is C12H22ClNO. The summed E-state index contributed by atoms with van der Waals surface area (Å²) in [6, 6.07) is -0.120. The molecular weight excluding hydrogens is 210 g/mol. The first-order chi connectivity index (χ1) is 6.47. The second-order valence-electron chi connectivity index (χ2n) is 4.80. The van der Waals surface area contributed by atoms with Crippen molar-refractivity contribution in [2.75, 3.05) is 6.61 Å². The van der Waals surface area contributed by atoms with E-state index in [9.17, 15) is 0 Å². The molecule has 0 saturated heterocycles. The van der Waals surface area contributed by atoms with Gasteiger partial charge in [-0.15, -0.1) is 12.4 Å². The van der Waals surface area contributed by atoms with Gasteiger partial charge in [-0.3, -0.25) is 0 Å². The minimum atomic E-state index is -0.120. The number of halogens is 1. The Kier molecular flexibility index (Phi) is 5.57. The second kappa shape index (κ2) is 5.69. The highest BCUT2D eigenvalue weighted by Crippen LogP contribution is 2.38. The van der Waals surface area contributed by atoms with Crippen molar-refractivity contribution in [2.24, 2.45) is 11.1 Å². The van der Waals surface area contributed by atoms with Crippen LogP contribution in [0.5, 0.6) is 0 Å². The first-order valence-electron chi connectivity index (χ1n) is 5.20. The molecule has 0 saturated carbocycles. The Labute approximate surface area is 98.7 Å². The molecule has 88 valence electrons. The molecule has 0 aromatic rings. The number of aliphatic hydroxyl groups is 1. The molecule has 0 aliphatic heterocycles. The average Bonchev–Trinajstić information content (AvgIpc) is 2.11. The Balaban J connectivity index is 0.00000196. The Bertz CT molecular complexity index is 269. The molecule has 3 heteroatoms. The molecule has 3 N–H and O–H groups in total. The van der Waals surface area contributed by atoms with Crippen molar-refractivity contribution in [2.45, 2.75) is 39.7 Å². The minimum Gasteiger partial charge on any atom is -0.395 e. The van der Waals surface area contributed by atoms with Crippen LogP contribution < -0.4 is 5.73 Å². The smallest absolute Gasteiger partial charge is 0.0585 e. The normalized spacial score (nSPS) is 21.1. The van der Waals surface area contributed by atoms with Crippen LogP contribution in [0.3, 0.4) is 0 Å². The van der Waals surface area contributed by atoms with E-state index in [1.165, 1.54) is 11.1 Å². The Morgan fingerprint density at radius 3 is 2.60 bits per heavy atom. The van der Waals surface area contributed by atoms with Crippen LogP contribution in [0, 0.1) is 5.41 Å². The van der Waals surface area contributed by atoms with Gasteiger partial charge >= 0.3 is 0 Å². The summed E-state index contributed by atoms with van der Waals surface area (Å²) in [5.74, 6) is 0. The Morgan fingerprint density at radius 1 is 1.53 bits per heavy atom. The number of allylic oxidation sites excluding steroid dienone is 3. The van der Waals surface area contributed by atoms with Crippen LogP contribution in [0.1, 0.15) is 33.6 Å². The van der Waals surface area contributed by atoms with E-state index >= 15 is 0 Å². The Morgan fingerprint density at radius 2 is 2.13 bits per heavy atom. The average molecular weight is 232 g/mol. The van der Waals surface area contributed by atoms with E-state index in [2.05, 4.69) is 32.9 Å². The molecule has 0 radical (unpaired) electrons. The molecule has 1 rings (SSSR count). The van der Waals surface area contributed by atoms with E-state index in [4.69, 9.17) is 10.8 Å². The minimum absolute atomic E-state index is 0. The Hall–Kier alpha value is -0.310. The third kappa shape index (κ3) is 3.63. The van der Waals surface area contributed by atoms with Gasteiger partial charge in [0.1, 0.15) is 0 Å². The lowest BCUT2D eigenvalue weighted by Gasteiger charge is -2.32. The van der Waals surface area contributed by atoms with Gasteiger partial charge in [-0.05, 0) is 25.2 Å². The van der Waals surface area contributed by atoms with Gasteiger partial charge in [0, 0.05) is 6.04 Å². The van der Waals surface area contributed by atoms with E-state index < -0.39 is 0 Å². The van der Waals surface area contributed by atoms with Crippen molar-refractivity contribution < 1.29 is 5.11 Å². The fourth-order valence-corrected chi connectivity index (χ4v) is 2.05. The molecule has 15 heavy (non-hydrogen) atoms. The summed E-state index contributed by atoms with van der Waals surface area (Å²) in [4.78, 5) is 0. The summed E-state index contributed by atoms with van der Waals surface area (Å²) in [6.07, 6.45) is 6.24. The van der Waals surface area contributed by atoms with Crippen LogP contribution in [0.2, 0.25) is 0 Å². The van der Waals surface area contributed by atoms with Crippen LogP contribution in [-0.2, 0) is 0 Å². The van der Waals surface area contributed by atoms with Crippen LogP contribution in [0.25, 0.3) is 0 Å². The van der Waals surface area contributed by atoms with Gasteiger partial charge in [0.15, 0.2) is 0 Å². The maximum atomic E-state index is 8.96. The molecule has 1 aliphatic carbocycles. The molecule has 0 bridgehead atoms. The van der Waals surface area contributed by atoms with Crippen molar-refractivity contribution in [1.82, 2.24) is 0 Å². The largest absolute Gasteiger partial charge is 0.395 e. The zero-order chi connectivity index (χ0) is 10.8. The summed E-state index contributed by atoms with van der Waals surface area (Å²) in [7, 11) is 0. The fourth-order valence-electron chi connectivity index (χ4n) is 2.05. The molecule has 1 aliphatic rings. The molecule has 0 aromatic heterocycles. The highest BCUT2D eigenvalue weighted by molar-refractivity contribution is 5.85. The summed E-state index contributed by atoms with van der Waals surface area (Å²) < 4.78 is 0. The van der Waals surface area contributed by atoms with Crippen molar-refractivity contribution >= 4 is 12.4 Å². The van der Waals surface area contributed by atoms with E-state index in [-0.39, 0.29) is 30.5 Å². The second-order valence-corrected chi connectivity index (χ2v) is 4.80. The zero-order valence-corrected chi connectivity index (χ0v) is 10.6. The topological polar surface area (TPSA) is 46.2 Å². The number of hydrogen-bond acceptors (Lipinski definition) is 2.